The lowest BCUT2D eigenvalue weighted by Gasteiger charge is -2.28. The summed E-state index contributed by atoms with van der Waals surface area (Å²) in [7, 11) is 0. The quantitative estimate of drug-likeness (QED) is 0.541. The van der Waals surface area contributed by atoms with Gasteiger partial charge in [0.15, 0.2) is 0 Å². The Morgan fingerprint density at radius 1 is 0.759 bits per heavy atom. The number of carbonyl (C=O) groups is 1. The van der Waals surface area contributed by atoms with Crippen molar-refractivity contribution < 1.29 is 4.79 Å². The molecule has 1 atom stereocenters. The third kappa shape index (κ3) is 6.58. The van der Waals surface area contributed by atoms with Gasteiger partial charge in [0.25, 0.3) is 0 Å². The highest BCUT2D eigenvalue weighted by Crippen LogP contribution is 2.13. The maximum atomic E-state index is 13.4. The molecule has 0 heterocycles. The number of benzene rings is 3. The van der Waals surface area contributed by atoms with Gasteiger partial charge in [-0.2, -0.15) is 0 Å². The van der Waals surface area contributed by atoms with E-state index >= 15 is 0 Å². The standard InChI is InChI=1S/C26H30N2O/c1-2-25(27-19-18-22-12-6-3-7-13-22)26(29)28(20-23-14-8-4-9-15-23)21-24-16-10-5-11-17-24/h3-17,25,27H,2,18-21H2,1H3. The minimum absolute atomic E-state index is 0.160. The molecule has 0 spiro atoms. The van der Waals surface area contributed by atoms with Crippen LogP contribution in [0.4, 0.5) is 0 Å². The van der Waals surface area contributed by atoms with E-state index in [0.717, 1.165) is 30.5 Å². The Bertz CT molecular complexity index is 808. The van der Waals surface area contributed by atoms with Crippen LogP contribution in [0.15, 0.2) is 91.0 Å². The number of carbonyl (C=O) groups excluding carboxylic acids is 1. The van der Waals surface area contributed by atoms with Crippen molar-refractivity contribution in [1.29, 1.82) is 0 Å². The van der Waals surface area contributed by atoms with E-state index in [-0.39, 0.29) is 11.9 Å². The monoisotopic (exact) mass is 386 g/mol. The number of hydrogen-bond acceptors (Lipinski definition) is 2. The fraction of sp³-hybridized carbons (Fsp3) is 0.269. The molecule has 3 nitrogen and oxygen atoms in total. The molecular weight excluding hydrogens is 356 g/mol. The van der Waals surface area contributed by atoms with Crippen LogP contribution < -0.4 is 5.32 Å². The first-order chi connectivity index (χ1) is 14.3. The topological polar surface area (TPSA) is 32.3 Å². The van der Waals surface area contributed by atoms with Crippen molar-refractivity contribution in [2.24, 2.45) is 0 Å². The van der Waals surface area contributed by atoms with Crippen molar-refractivity contribution in [2.45, 2.75) is 38.9 Å². The summed E-state index contributed by atoms with van der Waals surface area (Å²) < 4.78 is 0. The summed E-state index contributed by atoms with van der Waals surface area (Å²) in [6.45, 7) is 4.09. The van der Waals surface area contributed by atoms with Crippen LogP contribution >= 0.6 is 0 Å². The molecule has 0 saturated carbocycles. The third-order valence-electron chi connectivity index (χ3n) is 5.10. The Kier molecular flexibility index (Phi) is 8.02. The van der Waals surface area contributed by atoms with Crippen molar-refractivity contribution in [3.05, 3.63) is 108 Å². The molecule has 3 aromatic rings. The smallest absolute Gasteiger partial charge is 0.240 e. The molecular formula is C26H30N2O. The fourth-order valence-corrected chi connectivity index (χ4v) is 3.48. The van der Waals surface area contributed by atoms with Crippen LogP contribution in [0.3, 0.4) is 0 Å². The van der Waals surface area contributed by atoms with Gasteiger partial charge in [0, 0.05) is 13.1 Å². The number of nitrogens with one attached hydrogen (secondary N) is 1. The van der Waals surface area contributed by atoms with E-state index in [1.54, 1.807) is 0 Å². The summed E-state index contributed by atoms with van der Waals surface area (Å²) in [6, 6.07) is 30.6. The van der Waals surface area contributed by atoms with E-state index in [2.05, 4.69) is 60.8 Å². The van der Waals surface area contributed by atoms with E-state index in [9.17, 15) is 4.79 Å². The van der Waals surface area contributed by atoms with Gasteiger partial charge in [0.05, 0.1) is 6.04 Å². The van der Waals surface area contributed by atoms with Crippen LogP contribution in [0.1, 0.15) is 30.0 Å². The highest BCUT2D eigenvalue weighted by molar-refractivity contribution is 5.81. The van der Waals surface area contributed by atoms with Crippen LogP contribution in [0.5, 0.6) is 0 Å². The molecule has 0 radical (unpaired) electrons. The fourth-order valence-electron chi connectivity index (χ4n) is 3.48. The van der Waals surface area contributed by atoms with E-state index in [0.29, 0.717) is 13.1 Å². The van der Waals surface area contributed by atoms with Gasteiger partial charge in [-0.3, -0.25) is 4.79 Å². The highest BCUT2D eigenvalue weighted by Gasteiger charge is 2.23. The van der Waals surface area contributed by atoms with Gasteiger partial charge in [0.2, 0.25) is 5.91 Å². The van der Waals surface area contributed by atoms with Crippen LogP contribution in [-0.4, -0.2) is 23.4 Å². The second-order valence-electron chi connectivity index (χ2n) is 7.32. The average Bonchev–Trinajstić information content (AvgIpc) is 2.78. The normalized spacial score (nSPS) is 11.8. The molecule has 3 heteroatoms. The van der Waals surface area contributed by atoms with Crippen molar-refractivity contribution in [3.63, 3.8) is 0 Å². The Labute approximate surface area is 174 Å². The molecule has 0 aliphatic carbocycles. The number of hydrogen-bond donors (Lipinski definition) is 1. The van der Waals surface area contributed by atoms with Crippen molar-refractivity contribution >= 4 is 5.91 Å². The van der Waals surface area contributed by atoms with E-state index in [4.69, 9.17) is 0 Å². The van der Waals surface area contributed by atoms with Gasteiger partial charge in [-0.15, -0.1) is 0 Å². The molecule has 0 saturated heterocycles. The molecule has 3 aromatic carbocycles. The van der Waals surface area contributed by atoms with Crippen LogP contribution in [0, 0.1) is 0 Å². The second-order valence-corrected chi connectivity index (χ2v) is 7.32. The Morgan fingerprint density at radius 3 is 1.66 bits per heavy atom. The van der Waals surface area contributed by atoms with Crippen molar-refractivity contribution in [1.82, 2.24) is 10.2 Å². The molecule has 1 N–H and O–H groups in total. The summed E-state index contributed by atoms with van der Waals surface area (Å²) in [5.41, 5.74) is 3.58. The van der Waals surface area contributed by atoms with E-state index in [1.807, 2.05) is 47.4 Å². The molecule has 1 amide bonds. The lowest BCUT2D eigenvalue weighted by Crippen LogP contribution is -2.46. The van der Waals surface area contributed by atoms with Gasteiger partial charge in [-0.1, -0.05) is 97.9 Å². The zero-order valence-electron chi connectivity index (χ0n) is 17.1. The SMILES string of the molecule is CCC(NCCc1ccccc1)C(=O)N(Cc1ccccc1)Cc1ccccc1. The summed E-state index contributed by atoms with van der Waals surface area (Å²) >= 11 is 0. The minimum Gasteiger partial charge on any atom is -0.333 e. The molecule has 0 fully saturated rings. The molecule has 3 rings (SSSR count). The first-order valence-corrected chi connectivity index (χ1v) is 10.4. The number of nitrogens with zero attached hydrogens (tertiary/aromatic N) is 1. The zero-order chi connectivity index (χ0) is 20.3. The summed E-state index contributed by atoms with van der Waals surface area (Å²) in [6.07, 6.45) is 1.69. The molecule has 1 unspecified atom stereocenters. The number of amides is 1. The predicted molar refractivity (Wildman–Crippen MR) is 119 cm³/mol. The molecule has 29 heavy (non-hydrogen) atoms. The van der Waals surface area contributed by atoms with Crippen LogP contribution in [0.2, 0.25) is 0 Å². The maximum absolute atomic E-state index is 13.4. The number of rotatable bonds is 10. The van der Waals surface area contributed by atoms with Crippen molar-refractivity contribution in [3.8, 4) is 0 Å². The lowest BCUT2D eigenvalue weighted by atomic mass is 10.1. The Morgan fingerprint density at radius 2 is 1.21 bits per heavy atom. The van der Waals surface area contributed by atoms with E-state index in [1.165, 1.54) is 5.56 Å². The van der Waals surface area contributed by atoms with Crippen LogP contribution in [-0.2, 0) is 24.3 Å². The maximum Gasteiger partial charge on any atom is 0.240 e. The van der Waals surface area contributed by atoms with Gasteiger partial charge < -0.3 is 10.2 Å². The van der Waals surface area contributed by atoms with Gasteiger partial charge in [0.1, 0.15) is 0 Å². The molecule has 0 aliphatic heterocycles. The Balaban J connectivity index is 1.67. The molecule has 0 aromatic heterocycles. The zero-order valence-corrected chi connectivity index (χ0v) is 17.1. The predicted octanol–water partition coefficient (Wildman–Crippen LogP) is 4.83. The lowest BCUT2D eigenvalue weighted by molar-refractivity contribution is -0.134. The second kappa shape index (κ2) is 11.2. The minimum atomic E-state index is -0.175. The molecule has 150 valence electrons. The average molecular weight is 387 g/mol. The van der Waals surface area contributed by atoms with Gasteiger partial charge in [-0.25, -0.2) is 0 Å². The first kappa shape index (κ1) is 20.8. The summed E-state index contributed by atoms with van der Waals surface area (Å²) in [5, 5.41) is 3.48. The third-order valence-corrected chi connectivity index (χ3v) is 5.10. The largest absolute Gasteiger partial charge is 0.333 e. The first-order valence-electron chi connectivity index (χ1n) is 10.4. The Hall–Kier alpha value is -2.91. The highest BCUT2D eigenvalue weighted by atomic mass is 16.2. The molecule has 0 aliphatic rings. The van der Waals surface area contributed by atoms with Crippen LogP contribution in [0.25, 0.3) is 0 Å². The molecule has 0 bridgehead atoms. The van der Waals surface area contributed by atoms with Gasteiger partial charge >= 0.3 is 0 Å². The van der Waals surface area contributed by atoms with Crippen molar-refractivity contribution in [2.75, 3.05) is 6.54 Å². The summed E-state index contributed by atoms with van der Waals surface area (Å²) in [4.78, 5) is 15.4. The van der Waals surface area contributed by atoms with Gasteiger partial charge in [-0.05, 0) is 36.1 Å². The summed E-state index contributed by atoms with van der Waals surface area (Å²) in [5.74, 6) is 0.160. The van der Waals surface area contributed by atoms with E-state index < -0.39 is 0 Å².